The van der Waals surface area contributed by atoms with Gasteiger partial charge in [0.1, 0.15) is 4.90 Å². The van der Waals surface area contributed by atoms with E-state index in [0.29, 0.717) is 11.1 Å². The van der Waals surface area contributed by atoms with Gasteiger partial charge in [0.25, 0.3) is 10.1 Å². The monoisotopic (exact) mass is 224 g/mol. The SMILES string of the molecule is C=Cc1c(C(=C)C)cccc1S(=O)(=O)O. The first kappa shape index (κ1) is 11.7. The van der Waals surface area contributed by atoms with E-state index in [2.05, 4.69) is 13.2 Å². The van der Waals surface area contributed by atoms with Gasteiger partial charge in [-0.1, -0.05) is 36.9 Å². The van der Waals surface area contributed by atoms with Crippen LogP contribution in [0.4, 0.5) is 0 Å². The fourth-order valence-electron chi connectivity index (χ4n) is 1.35. The Morgan fingerprint density at radius 2 is 2.07 bits per heavy atom. The minimum absolute atomic E-state index is 0.141. The van der Waals surface area contributed by atoms with Gasteiger partial charge in [0.15, 0.2) is 0 Å². The molecular weight excluding hydrogens is 212 g/mol. The second-order valence-corrected chi connectivity index (χ2v) is 4.57. The molecule has 0 aliphatic rings. The average molecular weight is 224 g/mol. The van der Waals surface area contributed by atoms with Gasteiger partial charge in [-0.25, -0.2) is 0 Å². The van der Waals surface area contributed by atoms with Crippen LogP contribution in [0.5, 0.6) is 0 Å². The maximum absolute atomic E-state index is 11.1. The van der Waals surface area contributed by atoms with Crippen molar-refractivity contribution in [2.24, 2.45) is 0 Å². The molecule has 4 heteroatoms. The highest BCUT2D eigenvalue weighted by Gasteiger charge is 2.16. The lowest BCUT2D eigenvalue weighted by Gasteiger charge is -2.09. The molecule has 0 spiro atoms. The van der Waals surface area contributed by atoms with Gasteiger partial charge in [0.05, 0.1) is 0 Å². The molecule has 3 nitrogen and oxygen atoms in total. The molecule has 0 bridgehead atoms. The molecule has 15 heavy (non-hydrogen) atoms. The lowest BCUT2D eigenvalue weighted by atomic mass is 10.0. The lowest BCUT2D eigenvalue weighted by molar-refractivity contribution is 0.483. The van der Waals surface area contributed by atoms with Crippen LogP contribution in [0.3, 0.4) is 0 Å². The van der Waals surface area contributed by atoms with Crippen molar-refractivity contribution in [2.45, 2.75) is 11.8 Å². The molecule has 0 atom stereocenters. The third-order valence-electron chi connectivity index (χ3n) is 2.01. The van der Waals surface area contributed by atoms with Crippen LogP contribution in [0.25, 0.3) is 11.6 Å². The predicted molar refractivity (Wildman–Crippen MR) is 61.1 cm³/mol. The van der Waals surface area contributed by atoms with Crippen LogP contribution < -0.4 is 0 Å². The number of hydrogen-bond acceptors (Lipinski definition) is 2. The third kappa shape index (κ3) is 2.34. The van der Waals surface area contributed by atoms with Crippen LogP contribution in [0.15, 0.2) is 36.3 Å². The quantitative estimate of drug-likeness (QED) is 0.803. The van der Waals surface area contributed by atoms with Gasteiger partial charge in [0.2, 0.25) is 0 Å². The zero-order chi connectivity index (χ0) is 11.6. The molecule has 0 unspecified atom stereocenters. The lowest BCUT2D eigenvalue weighted by Crippen LogP contribution is -2.02. The number of benzene rings is 1. The van der Waals surface area contributed by atoms with E-state index in [1.165, 1.54) is 12.1 Å². The molecule has 80 valence electrons. The van der Waals surface area contributed by atoms with Crippen LogP contribution in [0.1, 0.15) is 18.1 Å². The van der Waals surface area contributed by atoms with Gasteiger partial charge < -0.3 is 0 Å². The Labute approximate surface area is 89.5 Å². The number of hydrogen-bond donors (Lipinski definition) is 1. The van der Waals surface area contributed by atoms with Gasteiger partial charge in [0, 0.05) is 5.56 Å². The molecule has 1 rings (SSSR count). The summed E-state index contributed by atoms with van der Waals surface area (Å²) in [5, 5.41) is 0. The Morgan fingerprint density at radius 1 is 1.47 bits per heavy atom. The normalized spacial score (nSPS) is 11.1. The Hall–Kier alpha value is -1.39. The molecule has 0 heterocycles. The number of allylic oxidation sites excluding steroid dienone is 1. The Morgan fingerprint density at radius 3 is 2.47 bits per heavy atom. The summed E-state index contributed by atoms with van der Waals surface area (Å²) in [7, 11) is -4.21. The van der Waals surface area contributed by atoms with Crippen molar-refractivity contribution in [3.63, 3.8) is 0 Å². The van der Waals surface area contributed by atoms with Crippen LogP contribution in [-0.2, 0) is 10.1 Å². The largest absolute Gasteiger partial charge is 0.295 e. The van der Waals surface area contributed by atoms with Gasteiger partial charge in [-0.2, -0.15) is 8.42 Å². The molecule has 0 saturated carbocycles. The Kier molecular flexibility index (Phi) is 3.12. The van der Waals surface area contributed by atoms with Gasteiger partial charge in [-0.3, -0.25) is 4.55 Å². The second kappa shape index (κ2) is 4.00. The standard InChI is InChI=1S/C11H12O3S/c1-4-9-10(8(2)3)6-5-7-11(9)15(12,13)14/h4-7H,1-2H2,3H3,(H,12,13,14). The predicted octanol–water partition coefficient (Wildman–Crippen LogP) is 2.61. The summed E-state index contributed by atoms with van der Waals surface area (Å²) in [6.07, 6.45) is 1.40. The van der Waals surface area contributed by atoms with E-state index in [0.717, 1.165) is 5.57 Å². The summed E-state index contributed by atoms with van der Waals surface area (Å²) >= 11 is 0. The summed E-state index contributed by atoms with van der Waals surface area (Å²) in [6.45, 7) is 9.02. The van der Waals surface area contributed by atoms with Crippen molar-refractivity contribution in [1.29, 1.82) is 0 Å². The fourth-order valence-corrected chi connectivity index (χ4v) is 2.07. The molecule has 1 N–H and O–H groups in total. The zero-order valence-corrected chi connectivity index (χ0v) is 9.21. The molecule has 1 aromatic carbocycles. The molecule has 1 aromatic rings. The molecule has 0 aromatic heterocycles. The van der Waals surface area contributed by atoms with Gasteiger partial charge in [-0.15, -0.1) is 0 Å². The highest BCUT2D eigenvalue weighted by Crippen LogP contribution is 2.25. The maximum Gasteiger partial charge on any atom is 0.295 e. The van der Waals surface area contributed by atoms with E-state index in [1.807, 2.05) is 0 Å². The molecular formula is C11H12O3S. The van der Waals surface area contributed by atoms with Crippen LogP contribution in [0, 0.1) is 0 Å². The van der Waals surface area contributed by atoms with Crippen molar-refractivity contribution in [3.05, 3.63) is 42.5 Å². The molecule has 0 aliphatic heterocycles. The topological polar surface area (TPSA) is 54.4 Å². The molecule has 0 saturated heterocycles. The van der Waals surface area contributed by atoms with Gasteiger partial charge >= 0.3 is 0 Å². The molecule has 0 amide bonds. The van der Waals surface area contributed by atoms with Crippen molar-refractivity contribution in [3.8, 4) is 0 Å². The molecule has 0 fully saturated rings. The second-order valence-electron chi connectivity index (χ2n) is 3.18. The highest BCUT2D eigenvalue weighted by molar-refractivity contribution is 7.85. The van der Waals surface area contributed by atoms with Crippen molar-refractivity contribution in [2.75, 3.05) is 0 Å². The average Bonchev–Trinajstić information content (AvgIpc) is 2.15. The van der Waals surface area contributed by atoms with Crippen LogP contribution in [-0.4, -0.2) is 13.0 Å². The smallest absolute Gasteiger partial charge is 0.282 e. The fraction of sp³-hybridized carbons (Fsp3) is 0.0909. The van der Waals surface area contributed by atoms with Gasteiger partial charge in [-0.05, 0) is 18.6 Å². The van der Waals surface area contributed by atoms with E-state index in [-0.39, 0.29) is 4.90 Å². The summed E-state index contributed by atoms with van der Waals surface area (Å²) in [5.41, 5.74) is 1.77. The Bertz CT molecular complexity index is 513. The first-order valence-corrected chi connectivity index (χ1v) is 5.70. The molecule has 0 radical (unpaired) electrons. The minimum Gasteiger partial charge on any atom is -0.282 e. The van der Waals surface area contributed by atoms with Crippen molar-refractivity contribution in [1.82, 2.24) is 0 Å². The number of rotatable bonds is 3. The van der Waals surface area contributed by atoms with E-state index in [1.54, 1.807) is 19.1 Å². The van der Waals surface area contributed by atoms with E-state index in [4.69, 9.17) is 4.55 Å². The first-order chi connectivity index (χ1) is 6.88. The summed E-state index contributed by atoms with van der Waals surface area (Å²) in [5.74, 6) is 0. The van der Waals surface area contributed by atoms with Crippen LogP contribution >= 0.6 is 0 Å². The third-order valence-corrected chi connectivity index (χ3v) is 2.92. The highest BCUT2D eigenvalue weighted by atomic mass is 32.2. The van der Waals surface area contributed by atoms with Crippen molar-refractivity contribution < 1.29 is 13.0 Å². The zero-order valence-electron chi connectivity index (χ0n) is 8.40. The maximum atomic E-state index is 11.1. The minimum atomic E-state index is -4.21. The first-order valence-electron chi connectivity index (χ1n) is 4.26. The van der Waals surface area contributed by atoms with Crippen LogP contribution in [0.2, 0.25) is 0 Å². The summed E-state index contributed by atoms with van der Waals surface area (Å²) in [4.78, 5) is -0.141. The summed E-state index contributed by atoms with van der Waals surface area (Å²) in [6, 6.07) is 4.62. The van der Waals surface area contributed by atoms with Crippen molar-refractivity contribution >= 4 is 21.8 Å². The van der Waals surface area contributed by atoms with E-state index in [9.17, 15) is 8.42 Å². The van der Waals surface area contributed by atoms with E-state index >= 15 is 0 Å². The summed E-state index contributed by atoms with van der Waals surface area (Å²) < 4.78 is 31.1. The van der Waals surface area contributed by atoms with E-state index < -0.39 is 10.1 Å². The molecule has 0 aliphatic carbocycles. The Balaban J connectivity index is 3.63.